The molecule has 1 fully saturated rings. The van der Waals surface area contributed by atoms with E-state index in [9.17, 15) is 9.59 Å². The highest BCUT2D eigenvalue weighted by Gasteiger charge is 2.32. The number of carbonyl (C=O) groups is 1. The Morgan fingerprint density at radius 2 is 1.93 bits per heavy atom. The molecule has 2 aliphatic heterocycles. The number of aromatic nitrogens is 4. The molecule has 1 amide bonds. The van der Waals surface area contributed by atoms with Crippen LogP contribution in [0.25, 0.3) is 0 Å². The molecule has 206 valence electrons. The molecular formula is C30H28N8O3. The van der Waals surface area contributed by atoms with Gasteiger partial charge in [0.1, 0.15) is 24.2 Å². The lowest BCUT2D eigenvalue weighted by Gasteiger charge is -2.35. The highest BCUT2D eigenvalue weighted by Crippen LogP contribution is 2.38. The van der Waals surface area contributed by atoms with E-state index in [1.807, 2.05) is 18.2 Å². The Labute approximate surface area is 236 Å². The van der Waals surface area contributed by atoms with E-state index in [1.54, 1.807) is 48.7 Å². The molecule has 0 saturated carbocycles. The summed E-state index contributed by atoms with van der Waals surface area (Å²) in [6.07, 6.45) is 6.40. The van der Waals surface area contributed by atoms with Crippen molar-refractivity contribution in [1.29, 1.82) is 5.26 Å². The Morgan fingerprint density at radius 1 is 1.10 bits per heavy atom. The molecule has 11 nitrogen and oxygen atoms in total. The number of anilines is 2. The third-order valence-corrected chi connectivity index (χ3v) is 7.65. The molecule has 41 heavy (non-hydrogen) atoms. The third kappa shape index (κ3) is 5.19. The molecule has 0 spiro atoms. The Hall–Kier alpha value is -5.24. The molecular weight excluding hydrogens is 520 g/mol. The number of fused-ring (bicyclic) bond motifs is 1. The Bertz CT molecular complexity index is 1670. The van der Waals surface area contributed by atoms with Gasteiger partial charge in [0.2, 0.25) is 0 Å². The second-order valence-corrected chi connectivity index (χ2v) is 10.1. The van der Waals surface area contributed by atoms with Crippen LogP contribution in [-0.4, -0.2) is 63.8 Å². The monoisotopic (exact) mass is 548 g/mol. The third-order valence-electron chi connectivity index (χ3n) is 7.65. The van der Waals surface area contributed by atoms with Crippen LogP contribution in [0.4, 0.5) is 11.5 Å². The lowest BCUT2D eigenvalue weighted by atomic mass is 10.1. The Balaban J connectivity index is 1.13. The maximum Gasteiger partial charge on any atom is 0.269 e. The van der Waals surface area contributed by atoms with Crippen molar-refractivity contribution in [2.45, 2.75) is 19.5 Å². The molecule has 1 atom stereocenters. The first kappa shape index (κ1) is 26.0. The van der Waals surface area contributed by atoms with Gasteiger partial charge in [0.25, 0.3) is 11.5 Å². The van der Waals surface area contributed by atoms with Gasteiger partial charge in [-0.25, -0.2) is 10.1 Å². The van der Waals surface area contributed by atoms with Gasteiger partial charge in [0, 0.05) is 50.7 Å². The normalized spacial score (nSPS) is 16.3. The van der Waals surface area contributed by atoms with Gasteiger partial charge in [-0.05, 0) is 36.2 Å². The van der Waals surface area contributed by atoms with Crippen LogP contribution in [0.5, 0.6) is 5.75 Å². The van der Waals surface area contributed by atoms with Crippen molar-refractivity contribution in [2.75, 3.05) is 42.6 Å². The number of benzene rings is 1. The van der Waals surface area contributed by atoms with E-state index in [1.165, 1.54) is 0 Å². The van der Waals surface area contributed by atoms with Gasteiger partial charge < -0.3 is 19.4 Å². The summed E-state index contributed by atoms with van der Waals surface area (Å²) in [7, 11) is 0. The molecule has 0 aliphatic carbocycles. The Morgan fingerprint density at radius 3 is 2.71 bits per heavy atom. The van der Waals surface area contributed by atoms with E-state index in [4.69, 9.17) is 10.00 Å². The maximum atomic E-state index is 13.3. The van der Waals surface area contributed by atoms with E-state index < -0.39 is 0 Å². The summed E-state index contributed by atoms with van der Waals surface area (Å²) in [6.45, 7) is 5.10. The van der Waals surface area contributed by atoms with E-state index >= 15 is 0 Å². The van der Waals surface area contributed by atoms with Crippen molar-refractivity contribution >= 4 is 17.4 Å². The van der Waals surface area contributed by atoms with E-state index in [2.05, 4.69) is 48.2 Å². The molecule has 4 aromatic rings. The van der Waals surface area contributed by atoms with Crippen LogP contribution in [0.3, 0.4) is 0 Å². The van der Waals surface area contributed by atoms with Crippen molar-refractivity contribution in [3.05, 3.63) is 105 Å². The topological polar surface area (TPSA) is 131 Å². The standard InChI is InChI=1S/C30H28N8O3/c1-20-26(17-34-35-29(20)39)38-18-22-4-2-3-5-25(22)27(38)19-41-24-12-23(15-32-16-24)30(40)37-10-8-36(9-11-37)28-7-6-21(13-31)14-33-28/h2-7,12,14-17,27H,8-11,18-19H2,1H3,(H,35,39)/t27-/m1/s1. The number of H-pyrrole nitrogens is 1. The number of nitriles is 1. The fraction of sp³-hybridized carbons (Fsp3) is 0.267. The van der Waals surface area contributed by atoms with Crippen molar-refractivity contribution in [3.8, 4) is 11.8 Å². The van der Waals surface area contributed by atoms with Crippen LogP contribution in [-0.2, 0) is 6.54 Å². The fourth-order valence-corrected chi connectivity index (χ4v) is 5.39. The summed E-state index contributed by atoms with van der Waals surface area (Å²) in [5, 5.41) is 15.5. The van der Waals surface area contributed by atoms with Gasteiger partial charge in [0.05, 0.1) is 35.2 Å². The van der Waals surface area contributed by atoms with Crippen molar-refractivity contribution in [1.82, 2.24) is 25.1 Å². The molecule has 0 unspecified atom stereocenters. The molecule has 0 radical (unpaired) electrons. The number of hydrogen-bond acceptors (Lipinski definition) is 9. The number of piperazine rings is 1. The van der Waals surface area contributed by atoms with Gasteiger partial charge in [-0.1, -0.05) is 24.3 Å². The minimum atomic E-state index is -0.220. The maximum absolute atomic E-state index is 13.3. The van der Waals surface area contributed by atoms with Gasteiger partial charge >= 0.3 is 0 Å². The zero-order valence-corrected chi connectivity index (χ0v) is 22.5. The summed E-state index contributed by atoms with van der Waals surface area (Å²) >= 11 is 0. The van der Waals surface area contributed by atoms with Crippen LogP contribution >= 0.6 is 0 Å². The van der Waals surface area contributed by atoms with E-state index in [-0.39, 0.29) is 17.5 Å². The number of hydrogen-bond donors (Lipinski definition) is 1. The van der Waals surface area contributed by atoms with Crippen LogP contribution in [0.1, 0.15) is 38.7 Å². The summed E-state index contributed by atoms with van der Waals surface area (Å²) in [4.78, 5) is 40.3. The largest absolute Gasteiger partial charge is 0.489 e. The quantitative estimate of drug-likeness (QED) is 0.386. The average molecular weight is 549 g/mol. The van der Waals surface area contributed by atoms with Crippen LogP contribution in [0.15, 0.2) is 72.0 Å². The zero-order chi connectivity index (χ0) is 28.3. The molecule has 11 heteroatoms. The number of nitrogens with zero attached hydrogens (tertiary/aromatic N) is 7. The minimum Gasteiger partial charge on any atom is -0.489 e. The smallest absolute Gasteiger partial charge is 0.269 e. The summed E-state index contributed by atoms with van der Waals surface area (Å²) < 4.78 is 6.22. The predicted octanol–water partition coefficient (Wildman–Crippen LogP) is 2.84. The SMILES string of the molecule is Cc1c(N2Cc3ccccc3[C@H]2COc2cncc(C(=O)N3CCN(c4ccc(C#N)cn4)CC3)c2)cn[nH]c1=O. The van der Waals surface area contributed by atoms with Crippen LogP contribution in [0.2, 0.25) is 0 Å². The number of carbonyl (C=O) groups excluding carboxylic acids is 1. The number of ether oxygens (including phenoxy) is 1. The molecule has 2 aliphatic rings. The fourth-order valence-electron chi connectivity index (χ4n) is 5.39. The molecule has 1 aromatic carbocycles. The lowest BCUT2D eigenvalue weighted by Crippen LogP contribution is -2.49. The first-order valence-corrected chi connectivity index (χ1v) is 13.4. The predicted molar refractivity (Wildman–Crippen MR) is 152 cm³/mol. The second kappa shape index (κ2) is 11.1. The highest BCUT2D eigenvalue weighted by atomic mass is 16.5. The number of amides is 1. The average Bonchev–Trinajstić information content (AvgIpc) is 3.39. The molecule has 1 N–H and O–H groups in total. The molecule has 3 aromatic heterocycles. The van der Waals surface area contributed by atoms with Crippen molar-refractivity contribution in [2.24, 2.45) is 0 Å². The lowest BCUT2D eigenvalue weighted by molar-refractivity contribution is 0.0745. The zero-order valence-electron chi connectivity index (χ0n) is 22.5. The first-order valence-electron chi connectivity index (χ1n) is 13.4. The highest BCUT2D eigenvalue weighted by molar-refractivity contribution is 5.94. The minimum absolute atomic E-state index is 0.103. The summed E-state index contributed by atoms with van der Waals surface area (Å²) in [6, 6.07) is 15.4. The molecule has 6 rings (SSSR count). The van der Waals surface area contributed by atoms with Crippen molar-refractivity contribution < 1.29 is 9.53 Å². The Kier molecular flexibility index (Phi) is 7.04. The van der Waals surface area contributed by atoms with E-state index in [0.29, 0.717) is 61.8 Å². The van der Waals surface area contributed by atoms with Crippen LogP contribution < -0.4 is 20.1 Å². The van der Waals surface area contributed by atoms with Gasteiger partial charge in [-0.15, -0.1) is 0 Å². The van der Waals surface area contributed by atoms with Gasteiger partial charge in [0.15, 0.2) is 0 Å². The second-order valence-electron chi connectivity index (χ2n) is 10.1. The molecule has 5 heterocycles. The number of aromatic amines is 1. The summed E-state index contributed by atoms with van der Waals surface area (Å²) in [5.74, 6) is 1.19. The first-order chi connectivity index (χ1) is 20.0. The summed E-state index contributed by atoms with van der Waals surface area (Å²) in [5.41, 5.74) is 4.41. The number of rotatable bonds is 6. The van der Waals surface area contributed by atoms with Crippen molar-refractivity contribution in [3.63, 3.8) is 0 Å². The van der Waals surface area contributed by atoms with Gasteiger partial charge in [-0.2, -0.15) is 10.4 Å². The van der Waals surface area contributed by atoms with Gasteiger partial charge in [-0.3, -0.25) is 14.6 Å². The number of pyridine rings is 2. The van der Waals surface area contributed by atoms with Crippen LogP contribution in [0, 0.1) is 18.3 Å². The number of nitrogens with one attached hydrogen (secondary N) is 1. The molecule has 0 bridgehead atoms. The molecule has 1 saturated heterocycles. The van der Waals surface area contributed by atoms with E-state index in [0.717, 1.165) is 22.6 Å².